The Morgan fingerprint density at radius 2 is 1.97 bits per heavy atom. The highest BCUT2D eigenvalue weighted by Gasteiger charge is 2.17. The smallest absolute Gasteiger partial charge is 0.408 e. The van der Waals surface area contributed by atoms with E-state index in [0.29, 0.717) is 23.2 Å². The van der Waals surface area contributed by atoms with Gasteiger partial charge in [-0.05, 0) is 42.8 Å². The molecular formula is C23H25ClN4O3. The average Bonchev–Trinajstić information content (AvgIpc) is 3.14. The van der Waals surface area contributed by atoms with Gasteiger partial charge in [0.05, 0.1) is 5.52 Å². The van der Waals surface area contributed by atoms with E-state index in [-0.39, 0.29) is 5.91 Å². The normalized spacial score (nSPS) is 15.1. The van der Waals surface area contributed by atoms with Crippen LogP contribution in [0, 0.1) is 6.92 Å². The molecule has 0 unspecified atom stereocenters. The summed E-state index contributed by atoms with van der Waals surface area (Å²) >= 11 is 6.16. The highest BCUT2D eigenvalue weighted by atomic mass is 35.5. The topological polar surface area (TPSA) is 81.6 Å². The molecule has 0 saturated carbocycles. The summed E-state index contributed by atoms with van der Waals surface area (Å²) in [6, 6.07) is 10.9. The third kappa shape index (κ3) is 5.18. The van der Waals surface area contributed by atoms with Gasteiger partial charge in [-0.3, -0.25) is 14.7 Å². The molecule has 0 radical (unpaired) electrons. The molecule has 0 bridgehead atoms. The number of H-pyrrole nitrogens is 1. The first kappa shape index (κ1) is 21.2. The summed E-state index contributed by atoms with van der Waals surface area (Å²) < 4.78 is 5.00. The fraction of sp³-hybridized carbons (Fsp3) is 0.304. The Balaban J connectivity index is 1.21. The molecule has 3 aromatic rings. The Kier molecular flexibility index (Phi) is 6.44. The molecule has 162 valence electrons. The summed E-state index contributed by atoms with van der Waals surface area (Å²) in [5.41, 5.74) is 3.86. The zero-order valence-electron chi connectivity index (χ0n) is 17.4. The second kappa shape index (κ2) is 9.41. The molecule has 1 aliphatic rings. The predicted molar refractivity (Wildman–Crippen MR) is 123 cm³/mol. The van der Waals surface area contributed by atoms with Crippen molar-refractivity contribution in [2.24, 2.45) is 0 Å². The van der Waals surface area contributed by atoms with Crippen LogP contribution in [0.1, 0.15) is 15.9 Å². The number of nitrogens with zero attached hydrogens (tertiary/aromatic N) is 2. The van der Waals surface area contributed by atoms with Crippen molar-refractivity contribution in [3.05, 3.63) is 75.3 Å². The number of rotatable bonds is 6. The number of carbonyl (C=O) groups is 1. The number of amides is 1. The van der Waals surface area contributed by atoms with Gasteiger partial charge in [-0.15, -0.1) is 0 Å². The zero-order valence-corrected chi connectivity index (χ0v) is 18.1. The lowest BCUT2D eigenvalue weighted by Crippen LogP contribution is -2.46. The standard InChI is InChI=1S/C23H25ClN4O3/c1-16-4-6-18(24)15-20(16)28-12-10-27(11-13-28)9-3-2-8-25-22(29)17-5-7-19-21(14-17)31-23(30)26-19/h2-7,14-15H,8-13H2,1H3,(H,25,29)(H,26,30). The molecule has 2 aromatic carbocycles. The Bertz CT molecular complexity index is 1160. The van der Waals surface area contributed by atoms with Crippen LogP contribution in [-0.4, -0.2) is 55.1 Å². The number of fused-ring (bicyclic) bond motifs is 1. The fourth-order valence-electron chi connectivity index (χ4n) is 3.74. The molecule has 4 rings (SSSR count). The molecule has 31 heavy (non-hydrogen) atoms. The number of benzene rings is 2. The Morgan fingerprint density at radius 1 is 1.16 bits per heavy atom. The fourth-order valence-corrected chi connectivity index (χ4v) is 3.91. The first-order chi connectivity index (χ1) is 15.0. The van der Waals surface area contributed by atoms with Crippen LogP contribution in [0.3, 0.4) is 0 Å². The Hall–Kier alpha value is -3.03. The van der Waals surface area contributed by atoms with Crippen LogP contribution in [0.4, 0.5) is 5.69 Å². The first-order valence-electron chi connectivity index (χ1n) is 10.3. The number of halogens is 1. The minimum absolute atomic E-state index is 0.207. The van der Waals surface area contributed by atoms with Crippen molar-refractivity contribution in [2.45, 2.75) is 6.92 Å². The zero-order chi connectivity index (χ0) is 21.8. The van der Waals surface area contributed by atoms with Gasteiger partial charge in [0.2, 0.25) is 0 Å². The molecule has 1 amide bonds. The molecule has 0 spiro atoms. The van der Waals surface area contributed by atoms with Crippen molar-refractivity contribution in [1.29, 1.82) is 0 Å². The van der Waals surface area contributed by atoms with Gasteiger partial charge < -0.3 is 14.6 Å². The van der Waals surface area contributed by atoms with E-state index in [0.717, 1.165) is 37.7 Å². The number of carbonyl (C=O) groups excluding carboxylic acids is 1. The van der Waals surface area contributed by atoms with Crippen LogP contribution in [0.25, 0.3) is 11.1 Å². The van der Waals surface area contributed by atoms with Crippen molar-refractivity contribution in [3.8, 4) is 0 Å². The van der Waals surface area contributed by atoms with Crippen molar-refractivity contribution in [2.75, 3.05) is 44.2 Å². The SMILES string of the molecule is Cc1ccc(Cl)cc1N1CCN(CC=CCNC(=O)c2ccc3[nH]c(=O)oc3c2)CC1. The number of oxazole rings is 1. The number of aromatic nitrogens is 1. The van der Waals surface area contributed by atoms with E-state index in [1.807, 2.05) is 18.2 Å². The molecule has 0 atom stereocenters. The van der Waals surface area contributed by atoms with Crippen molar-refractivity contribution in [1.82, 2.24) is 15.2 Å². The van der Waals surface area contributed by atoms with Gasteiger partial charge >= 0.3 is 5.76 Å². The third-order valence-corrected chi connectivity index (χ3v) is 5.71. The number of nitrogens with one attached hydrogen (secondary N) is 2. The number of piperazine rings is 1. The summed E-state index contributed by atoms with van der Waals surface area (Å²) in [7, 11) is 0. The Morgan fingerprint density at radius 3 is 2.77 bits per heavy atom. The maximum atomic E-state index is 12.3. The van der Waals surface area contributed by atoms with Gasteiger partial charge in [-0.1, -0.05) is 29.8 Å². The maximum absolute atomic E-state index is 12.3. The second-order valence-electron chi connectivity index (χ2n) is 7.63. The van der Waals surface area contributed by atoms with Crippen LogP contribution in [0.2, 0.25) is 5.02 Å². The number of aromatic amines is 1. The number of anilines is 1. The van der Waals surface area contributed by atoms with Crippen molar-refractivity contribution < 1.29 is 9.21 Å². The van der Waals surface area contributed by atoms with E-state index in [9.17, 15) is 9.59 Å². The highest BCUT2D eigenvalue weighted by Crippen LogP contribution is 2.25. The maximum Gasteiger partial charge on any atom is 0.417 e. The van der Waals surface area contributed by atoms with Crippen LogP contribution in [0.5, 0.6) is 0 Å². The third-order valence-electron chi connectivity index (χ3n) is 5.48. The monoisotopic (exact) mass is 440 g/mol. The van der Waals surface area contributed by atoms with Crippen LogP contribution in [0.15, 0.2) is 57.8 Å². The first-order valence-corrected chi connectivity index (χ1v) is 10.7. The van der Waals surface area contributed by atoms with E-state index in [1.54, 1.807) is 18.2 Å². The van der Waals surface area contributed by atoms with Gasteiger partial charge in [0.25, 0.3) is 5.91 Å². The van der Waals surface area contributed by atoms with Gasteiger partial charge in [0.15, 0.2) is 5.58 Å². The number of aryl methyl sites for hydroxylation is 1. The molecule has 1 fully saturated rings. The molecule has 7 nitrogen and oxygen atoms in total. The summed E-state index contributed by atoms with van der Waals surface area (Å²) in [6.07, 6.45) is 4.04. The highest BCUT2D eigenvalue weighted by molar-refractivity contribution is 6.30. The second-order valence-corrected chi connectivity index (χ2v) is 8.06. The Labute approximate surface area is 185 Å². The molecule has 0 aliphatic carbocycles. The van der Waals surface area contributed by atoms with Gasteiger partial charge in [0.1, 0.15) is 0 Å². The summed E-state index contributed by atoms with van der Waals surface area (Å²) in [6.45, 7) is 7.28. The molecule has 8 heteroatoms. The van der Waals surface area contributed by atoms with E-state index in [4.69, 9.17) is 16.0 Å². The van der Waals surface area contributed by atoms with E-state index < -0.39 is 5.76 Å². The van der Waals surface area contributed by atoms with Crippen molar-refractivity contribution >= 4 is 34.3 Å². The van der Waals surface area contributed by atoms with Crippen LogP contribution < -0.4 is 16.0 Å². The molecule has 2 heterocycles. The molecule has 1 saturated heterocycles. The number of hydrogen-bond acceptors (Lipinski definition) is 5. The molecular weight excluding hydrogens is 416 g/mol. The van der Waals surface area contributed by atoms with Crippen LogP contribution >= 0.6 is 11.6 Å². The average molecular weight is 441 g/mol. The summed E-state index contributed by atoms with van der Waals surface area (Å²) in [4.78, 5) is 30.8. The van der Waals surface area contributed by atoms with Gasteiger partial charge in [-0.2, -0.15) is 0 Å². The molecule has 2 N–H and O–H groups in total. The van der Waals surface area contributed by atoms with E-state index in [1.165, 1.54) is 11.3 Å². The minimum atomic E-state index is -0.529. The van der Waals surface area contributed by atoms with Crippen molar-refractivity contribution in [3.63, 3.8) is 0 Å². The van der Waals surface area contributed by atoms with Crippen LogP contribution in [-0.2, 0) is 0 Å². The lowest BCUT2D eigenvalue weighted by atomic mass is 10.1. The lowest BCUT2D eigenvalue weighted by molar-refractivity contribution is 0.0958. The summed E-state index contributed by atoms with van der Waals surface area (Å²) in [5.74, 6) is -0.736. The lowest BCUT2D eigenvalue weighted by Gasteiger charge is -2.36. The van der Waals surface area contributed by atoms with Gasteiger partial charge in [0, 0.05) is 55.5 Å². The van der Waals surface area contributed by atoms with E-state index in [2.05, 4.69) is 39.2 Å². The minimum Gasteiger partial charge on any atom is -0.408 e. The van der Waals surface area contributed by atoms with Gasteiger partial charge in [-0.25, -0.2) is 4.79 Å². The quantitative estimate of drug-likeness (QED) is 0.575. The number of hydrogen-bond donors (Lipinski definition) is 2. The molecule has 1 aromatic heterocycles. The largest absolute Gasteiger partial charge is 0.417 e. The molecule has 1 aliphatic heterocycles. The van der Waals surface area contributed by atoms with E-state index >= 15 is 0 Å². The summed E-state index contributed by atoms with van der Waals surface area (Å²) in [5, 5.41) is 3.62. The predicted octanol–water partition coefficient (Wildman–Crippen LogP) is 3.19.